The third kappa shape index (κ3) is 6.79. The van der Waals surface area contributed by atoms with Crippen molar-refractivity contribution < 1.29 is 18.7 Å². The second kappa shape index (κ2) is 12.7. The molecule has 7 heteroatoms. The van der Waals surface area contributed by atoms with E-state index in [2.05, 4.69) is 0 Å². The summed E-state index contributed by atoms with van der Waals surface area (Å²) in [5.74, 6) is 0.687. The maximum absolute atomic E-state index is 13.6. The smallest absolute Gasteiger partial charge is 0.267 e. The van der Waals surface area contributed by atoms with Crippen LogP contribution in [0.3, 0.4) is 0 Å². The molecule has 1 aliphatic rings. The van der Waals surface area contributed by atoms with Gasteiger partial charge in [0.2, 0.25) is 0 Å². The van der Waals surface area contributed by atoms with Gasteiger partial charge in [-0.2, -0.15) is 0 Å². The Morgan fingerprint density at radius 2 is 1.65 bits per heavy atom. The second-order valence-corrected chi connectivity index (χ2v) is 10.3. The Bertz CT molecular complexity index is 1550. The minimum absolute atomic E-state index is 0.107. The topological polar surface area (TPSA) is 51.1 Å². The number of benzene rings is 4. The van der Waals surface area contributed by atoms with Gasteiger partial charge in [0.05, 0.1) is 23.7 Å². The van der Waals surface area contributed by atoms with Crippen LogP contribution in [0.2, 0.25) is 0 Å². The van der Waals surface area contributed by atoms with Crippen LogP contribution in [0.1, 0.15) is 29.2 Å². The molecule has 0 radical (unpaired) electrons. The summed E-state index contributed by atoms with van der Waals surface area (Å²) in [5.41, 5.74) is 4.48. The summed E-state index contributed by atoms with van der Waals surface area (Å²) in [6.07, 6.45) is 1.85. The maximum Gasteiger partial charge on any atom is 0.267 e. The number of nitrogens with zero attached hydrogens (tertiary/aromatic N) is 2. The second-order valence-electron chi connectivity index (χ2n) is 9.28. The SMILES string of the molecule is CCOc1cc(/C=C2/SC(=Nc3ccc(C)cc3)N(Cc3ccccc3)C2=O)ccc1OCc1cccc(F)c1. The molecular formula is C33H29FN2O3S. The number of hydrogen-bond donors (Lipinski definition) is 0. The highest BCUT2D eigenvalue weighted by Gasteiger charge is 2.33. The van der Waals surface area contributed by atoms with Gasteiger partial charge in [0.25, 0.3) is 5.91 Å². The number of rotatable bonds is 9. The normalized spacial score (nSPS) is 15.2. The molecule has 4 aromatic carbocycles. The molecule has 1 amide bonds. The summed E-state index contributed by atoms with van der Waals surface area (Å²) in [4.78, 5) is 20.7. The number of carbonyl (C=O) groups excluding carboxylic acids is 1. The molecule has 0 spiro atoms. The number of thioether (sulfide) groups is 1. The van der Waals surface area contributed by atoms with Crippen LogP contribution in [0.25, 0.3) is 6.08 Å². The lowest BCUT2D eigenvalue weighted by molar-refractivity contribution is -0.122. The largest absolute Gasteiger partial charge is 0.490 e. The first-order chi connectivity index (χ1) is 19.5. The molecule has 40 heavy (non-hydrogen) atoms. The van der Waals surface area contributed by atoms with Gasteiger partial charge in [-0.15, -0.1) is 0 Å². The van der Waals surface area contributed by atoms with Crippen LogP contribution in [-0.2, 0) is 17.9 Å². The summed E-state index contributed by atoms with van der Waals surface area (Å²) >= 11 is 1.35. The number of amides is 1. The van der Waals surface area contributed by atoms with Crippen molar-refractivity contribution in [3.8, 4) is 11.5 Å². The predicted molar refractivity (Wildman–Crippen MR) is 159 cm³/mol. The molecule has 202 valence electrons. The first-order valence-electron chi connectivity index (χ1n) is 13.0. The fraction of sp³-hybridized carbons (Fsp3) is 0.152. The third-order valence-corrected chi connectivity index (χ3v) is 7.19. The van der Waals surface area contributed by atoms with Crippen LogP contribution in [0, 0.1) is 12.7 Å². The van der Waals surface area contributed by atoms with Crippen LogP contribution in [-0.4, -0.2) is 22.6 Å². The first kappa shape index (κ1) is 27.2. The van der Waals surface area contributed by atoms with Gasteiger partial charge in [0, 0.05) is 0 Å². The van der Waals surface area contributed by atoms with Crippen molar-refractivity contribution in [2.24, 2.45) is 4.99 Å². The van der Waals surface area contributed by atoms with Crippen molar-refractivity contribution in [2.75, 3.05) is 6.61 Å². The molecule has 0 atom stereocenters. The molecule has 0 aliphatic carbocycles. The van der Waals surface area contributed by atoms with Gasteiger partial charge in [0.1, 0.15) is 12.4 Å². The minimum Gasteiger partial charge on any atom is -0.490 e. The highest BCUT2D eigenvalue weighted by atomic mass is 32.2. The lowest BCUT2D eigenvalue weighted by atomic mass is 10.1. The van der Waals surface area contributed by atoms with Crippen molar-refractivity contribution in [3.05, 3.63) is 130 Å². The molecule has 0 N–H and O–H groups in total. The first-order valence-corrected chi connectivity index (χ1v) is 13.8. The van der Waals surface area contributed by atoms with Gasteiger partial charge in [0.15, 0.2) is 16.7 Å². The molecule has 1 fully saturated rings. The Balaban J connectivity index is 1.42. The van der Waals surface area contributed by atoms with E-state index in [0.717, 1.165) is 27.9 Å². The lowest BCUT2D eigenvalue weighted by Gasteiger charge is -2.15. The molecule has 5 rings (SSSR count). The van der Waals surface area contributed by atoms with E-state index in [0.29, 0.717) is 34.7 Å². The van der Waals surface area contributed by atoms with E-state index < -0.39 is 0 Å². The number of hydrogen-bond acceptors (Lipinski definition) is 5. The van der Waals surface area contributed by atoms with Gasteiger partial charge in [-0.1, -0.05) is 66.2 Å². The van der Waals surface area contributed by atoms with E-state index in [1.54, 1.807) is 11.0 Å². The van der Waals surface area contributed by atoms with Crippen molar-refractivity contribution >= 4 is 34.6 Å². The highest BCUT2D eigenvalue weighted by Crippen LogP contribution is 2.37. The van der Waals surface area contributed by atoms with Crippen LogP contribution in [0.15, 0.2) is 107 Å². The van der Waals surface area contributed by atoms with Crippen LogP contribution in [0.4, 0.5) is 10.1 Å². The maximum atomic E-state index is 13.6. The number of amidine groups is 1. The zero-order chi connectivity index (χ0) is 27.9. The van der Waals surface area contributed by atoms with E-state index in [4.69, 9.17) is 14.5 Å². The molecule has 1 heterocycles. The van der Waals surface area contributed by atoms with Crippen molar-refractivity contribution in [1.82, 2.24) is 4.90 Å². The Hall–Kier alpha value is -4.36. The fourth-order valence-corrected chi connectivity index (χ4v) is 5.17. The van der Waals surface area contributed by atoms with E-state index >= 15 is 0 Å². The van der Waals surface area contributed by atoms with E-state index in [1.165, 1.54) is 23.9 Å². The lowest BCUT2D eigenvalue weighted by Crippen LogP contribution is -2.28. The molecule has 5 nitrogen and oxygen atoms in total. The monoisotopic (exact) mass is 552 g/mol. The molecule has 1 aliphatic heterocycles. The van der Waals surface area contributed by atoms with Gasteiger partial charge in [-0.05, 0) is 84.8 Å². The van der Waals surface area contributed by atoms with Gasteiger partial charge in [-0.25, -0.2) is 9.38 Å². The number of carbonyl (C=O) groups is 1. The van der Waals surface area contributed by atoms with Crippen LogP contribution < -0.4 is 9.47 Å². The highest BCUT2D eigenvalue weighted by molar-refractivity contribution is 8.18. The molecule has 0 bridgehead atoms. The van der Waals surface area contributed by atoms with Crippen molar-refractivity contribution in [3.63, 3.8) is 0 Å². The molecule has 4 aromatic rings. The quantitative estimate of drug-likeness (QED) is 0.198. The number of ether oxygens (including phenoxy) is 2. The average Bonchev–Trinajstić information content (AvgIpc) is 3.23. The number of aliphatic imine (C=N–C) groups is 1. The minimum atomic E-state index is -0.307. The Kier molecular flexibility index (Phi) is 8.62. The predicted octanol–water partition coefficient (Wildman–Crippen LogP) is 7.92. The number of halogens is 1. The third-order valence-electron chi connectivity index (χ3n) is 6.18. The Morgan fingerprint density at radius 1 is 0.875 bits per heavy atom. The molecule has 1 saturated heterocycles. The standard InChI is InChI=1S/C33H29FN2O3S/c1-3-38-30-19-25(14-17-29(30)39-22-26-10-7-11-27(34)18-26)20-31-32(37)36(21-24-8-5-4-6-9-24)33(40-31)35-28-15-12-23(2)13-16-28/h4-20H,3,21-22H2,1-2H3/b31-20+,35-33?. The van der Waals surface area contributed by atoms with Crippen LogP contribution in [0.5, 0.6) is 11.5 Å². The zero-order valence-electron chi connectivity index (χ0n) is 22.3. The van der Waals surface area contributed by atoms with Crippen LogP contribution >= 0.6 is 11.8 Å². The van der Waals surface area contributed by atoms with Gasteiger partial charge >= 0.3 is 0 Å². The van der Waals surface area contributed by atoms with Crippen molar-refractivity contribution in [2.45, 2.75) is 27.0 Å². The summed E-state index contributed by atoms with van der Waals surface area (Å²) in [6.45, 7) is 5.00. The zero-order valence-corrected chi connectivity index (χ0v) is 23.2. The Labute approximate surface area is 238 Å². The average molecular weight is 553 g/mol. The molecule has 0 saturated carbocycles. The summed E-state index contributed by atoms with van der Waals surface area (Å²) < 4.78 is 25.3. The number of aryl methyl sites for hydroxylation is 1. The van der Waals surface area contributed by atoms with E-state index in [1.807, 2.05) is 98.8 Å². The molecular weight excluding hydrogens is 523 g/mol. The van der Waals surface area contributed by atoms with Gasteiger partial charge < -0.3 is 9.47 Å². The Morgan fingerprint density at radius 3 is 2.40 bits per heavy atom. The fourth-order valence-electron chi connectivity index (χ4n) is 4.17. The van der Waals surface area contributed by atoms with Crippen molar-refractivity contribution in [1.29, 1.82) is 0 Å². The molecule has 0 unspecified atom stereocenters. The summed E-state index contributed by atoms with van der Waals surface area (Å²) in [7, 11) is 0. The summed E-state index contributed by atoms with van der Waals surface area (Å²) in [6, 6.07) is 29.6. The van der Waals surface area contributed by atoms with E-state index in [-0.39, 0.29) is 18.3 Å². The summed E-state index contributed by atoms with van der Waals surface area (Å²) in [5, 5.41) is 0.629. The van der Waals surface area contributed by atoms with E-state index in [9.17, 15) is 9.18 Å². The van der Waals surface area contributed by atoms with Gasteiger partial charge in [-0.3, -0.25) is 9.69 Å². The molecule has 0 aromatic heterocycles.